The van der Waals surface area contributed by atoms with Gasteiger partial charge in [-0.3, -0.25) is 9.69 Å². The minimum atomic E-state index is -0.414. The quantitative estimate of drug-likeness (QED) is 0.899. The third-order valence-electron chi connectivity index (χ3n) is 5.10. The Labute approximate surface area is 159 Å². The summed E-state index contributed by atoms with van der Waals surface area (Å²) < 4.78 is 16.4. The van der Waals surface area contributed by atoms with E-state index in [1.807, 2.05) is 50.2 Å². The van der Waals surface area contributed by atoms with Gasteiger partial charge in [0.15, 0.2) is 11.5 Å². The summed E-state index contributed by atoms with van der Waals surface area (Å²) in [5, 5.41) is 3.15. The summed E-state index contributed by atoms with van der Waals surface area (Å²) in [6, 6.07) is 11.3. The lowest BCUT2D eigenvalue weighted by molar-refractivity contribution is -0.123. The second-order valence-electron chi connectivity index (χ2n) is 6.92. The van der Waals surface area contributed by atoms with E-state index < -0.39 is 6.04 Å². The predicted molar refractivity (Wildman–Crippen MR) is 102 cm³/mol. The molecule has 0 unspecified atom stereocenters. The first-order chi connectivity index (χ1) is 13.1. The minimum Gasteiger partial charge on any atom is -0.454 e. The largest absolute Gasteiger partial charge is 0.454 e. The lowest BCUT2D eigenvalue weighted by Crippen LogP contribution is -2.44. The maximum Gasteiger partial charge on any atom is 0.246 e. The van der Waals surface area contributed by atoms with Gasteiger partial charge in [0.1, 0.15) is 6.04 Å². The first-order valence-electron chi connectivity index (χ1n) is 9.22. The van der Waals surface area contributed by atoms with Gasteiger partial charge in [-0.2, -0.15) is 0 Å². The van der Waals surface area contributed by atoms with Crippen LogP contribution in [0.3, 0.4) is 0 Å². The number of carbonyl (C=O) groups is 1. The van der Waals surface area contributed by atoms with Gasteiger partial charge in [-0.25, -0.2) is 0 Å². The SMILES string of the molecule is Cc1cccc(C)c1NC(=O)[C@H](c1ccc2c(c1)OCO2)N1CCOCC1. The van der Waals surface area contributed by atoms with Crippen molar-refractivity contribution < 1.29 is 19.0 Å². The van der Waals surface area contributed by atoms with Crippen LogP contribution in [0.4, 0.5) is 5.69 Å². The van der Waals surface area contributed by atoms with Crippen molar-refractivity contribution >= 4 is 11.6 Å². The first-order valence-corrected chi connectivity index (χ1v) is 9.22. The van der Waals surface area contributed by atoms with Crippen molar-refractivity contribution in [2.24, 2.45) is 0 Å². The van der Waals surface area contributed by atoms with E-state index >= 15 is 0 Å². The third kappa shape index (κ3) is 3.63. The number of fused-ring (bicyclic) bond motifs is 1. The van der Waals surface area contributed by atoms with Crippen LogP contribution in [0.25, 0.3) is 0 Å². The van der Waals surface area contributed by atoms with Crippen molar-refractivity contribution in [1.82, 2.24) is 4.90 Å². The molecule has 27 heavy (non-hydrogen) atoms. The topological polar surface area (TPSA) is 60.0 Å². The van der Waals surface area contributed by atoms with Crippen molar-refractivity contribution in [3.8, 4) is 11.5 Å². The Morgan fingerprint density at radius 3 is 2.48 bits per heavy atom. The van der Waals surface area contributed by atoms with Crippen LogP contribution >= 0.6 is 0 Å². The number of nitrogens with one attached hydrogen (secondary N) is 1. The number of anilines is 1. The molecule has 2 heterocycles. The second-order valence-corrected chi connectivity index (χ2v) is 6.92. The minimum absolute atomic E-state index is 0.0480. The lowest BCUT2D eigenvalue weighted by Gasteiger charge is -2.34. The number of aryl methyl sites for hydroxylation is 2. The number of amides is 1. The summed E-state index contributed by atoms with van der Waals surface area (Å²) in [5.41, 5.74) is 3.87. The number of ether oxygens (including phenoxy) is 3. The van der Waals surface area contributed by atoms with Gasteiger partial charge in [0.05, 0.1) is 13.2 Å². The molecule has 1 N–H and O–H groups in total. The molecule has 2 aromatic rings. The fourth-order valence-electron chi connectivity index (χ4n) is 3.65. The number of rotatable bonds is 4. The number of hydrogen-bond acceptors (Lipinski definition) is 5. The van der Waals surface area contributed by atoms with Gasteiger partial charge in [-0.1, -0.05) is 24.3 Å². The van der Waals surface area contributed by atoms with E-state index in [9.17, 15) is 4.79 Å². The van der Waals surface area contributed by atoms with Crippen molar-refractivity contribution in [2.75, 3.05) is 38.4 Å². The van der Waals surface area contributed by atoms with E-state index in [2.05, 4.69) is 10.2 Å². The molecule has 0 bridgehead atoms. The van der Waals surface area contributed by atoms with Crippen LogP contribution in [-0.4, -0.2) is 43.9 Å². The number of nitrogens with zero attached hydrogens (tertiary/aromatic N) is 1. The molecular formula is C21H24N2O4. The highest BCUT2D eigenvalue weighted by molar-refractivity contribution is 5.97. The Kier molecular flexibility index (Phi) is 5.01. The van der Waals surface area contributed by atoms with Crippen LogP contribution in [0.1, 0.15) is 22.7 Å². The molecule has 4 rings (SSSR count). The van der Waals surface area contributed by atoms with Gasteiger partial charge < -0.3 is 19.5 Å². The highest BCUT2D eigenvalue weighted by atomic mass is 16.7. The smallest absolute Gasteiger partial charge is 0.246 e. The average Bonchev–Trinajstić information content (AvgIpc) is 3.14. The van der Waals surface area contributed by atoms with Crippen LogP contribution in [0.2, 0.25) is 0 Å². The van der Waals surface area contributed by atoms with Gasteiger partial charge in [-0.15, -0.1) is 0 Å². The van der Waals surface area contributed by atoms with E-state index in [0.29, 0.717) is 32.1 Å². The Hall–Kier alpha value is -2.57. The fourth-order valence-corrected chi connectivity index (χ4v) is 3.65. The summed E-state index contributed by atoms with van der Waals surface area (Å²) in [4.78, 5) is 15.5. The number of morpholine rings is 1. The Morgan fingerprint density at radius 2 is 1.74 bits per heavy atom. The molecule has 6 heteroatoms. The Bertz CT molecular complexity index is 826. The molecule has 2 aliphatic heterocycles. The zero-order valence-corrected chi connectivity index (χ0v) is 15.7. The van der Waals surface area contributed by atoms with E-state index in [0.717, 1.165) is 28.1 Å². The van der Waals surface area contributed by atoms with E-state index in [1.165, 1.54) is 0 Å². The van der Waals surface area contributed by atoms with Crippen LogP contribution in [0.5, 0.6) is 11.5 Å². The molecule has 0 saturated carbocycles. The summed E-state index contributed by atoms with van der Waals surface area (Å²) in [5.74, 6) is 1.36. The Morgan fingerprint density at radius 1 is 1.04 bits per heavy atom. The zero-order valence-electron chi connectivity index (χ0n) is 15.7. The maximum atomic E-state index is 13.4. The number of benzene rings is 2. The van der Waals surface area contributed by atoms with Gasteiger partial charge in [0.25, 0.3) is 0 Å². The predicted octanol–water partition coefficient (Wildman–Crippen LogP) is 3.04. The molecule has 142 valence electrons. The van der Waals surface area contributed by atoms with Gasteiger partial charge in [-0.05, 0) is 42.7 Å². The molecule has 0 spiro atoms. The zero-order chi connectivity index (χ0) is 18.8. The van der Waals surface area contributed by atoms with Crippen LogP contribution in [0.15, 0.2) is 36.4 Å². The van der Waals surface area contributed by atoms with Gasteiger partial charge in [0.2, 0.25) is 12.7 Å². The molecule has 2 aromatic carbocycles. The summed E-state index contributed by atoms with van der Waals surface area (Å²) in [7, 11) is 0. The standard InChI is InChI=1S/C21H24N2O4/c1-14-4-3-5-15(2)19(14)22-21(24)20(23-8-10-25-11-9-23)16-6-7-17-18(12-16)27-13-26-17/h3-7,12,20H,8-11,13H2,1-2H3,(H,22,24)/t20-/m0/s1. The second kappa shape index (κ2) is 7.58. The van der Waals surface area contributed by atoms with Crippen LogP contribution in [0, 0.1) is 13.8 Å². The highest BCUT2D eigenvalue weighted by Gasteiger charge is 2.31. The monoisotopic (exact) mass is 368 g/mol. The van der Waals surface area contributed by atoms with Crippen molar-refractivity contribution in [2.45, 2.75) is 19.9 Å². The van der Waals surface area contributed by atoms with E-state index in [-0.39, 0.29) is 12.7 Å². The molecule has 1 saturated heterocycles. The summed E-state index contributed by atoms with van der Waals surface area (Å²) >= 11 is 0. The third-order valence-corrected chi connectivity index (χ3v) is 5.10. The first kappa shape index (κ1) is 17.8. The Balaban J connectivity index is 1.66. The van der Waals surface area contributed by atoms with E-state index in [4.69, 9.17) is 14.2 Å². The summed E-state index contributed by atoms with van der Waals surface area (Å²) in [6.45, 7) is 6.89. The van der Waals surface area contributed by atoms with Crippen molar-refractivity contribution in [3.05, 3.63) is 53.1 Å². The molecular weight excluding hydrogens is 344 g/mol. The fraction of sp³-hybridized carbons (Fsp3) is 0.381. The lowest BCUT2D eigenvalue weighted by atomic mass is 10.0. The molecule has 1 atom stereocenters. The van der Waals surface area contributed by atoms with Crippen molar-refractivity contribution in [1.29, 1.82) is 0 Å². The van der Waals surface area contributed by atoms with Gasteiger partial charge in [0, 0.05) is 18.8 Å². The maximum absolute atomic E-state index is 13.4. The van der Waals surface area contributed by atoms with Crippen molar-refractivity contribution in [3.63, 3.8) is 0 Å². The van der Waals surface area contributed by atoms with Crippen LogP contribution in [-0.2, 0) is 9.53 Å². The highest BCUT2D eigenvalue weighted by Crippen LogP contribution is 2.36. The van der Waals surface area contributed by atoms with Gasteiger partial charge >= 0.3 is 0 Å². The molecule has 0 radical (unpaired) electrons. The molecule has 1 amide bonds. The molecule has 6 nitrogen and oxygen atoms in total. The number of carbonyl (C=O) groups excluding carboxylic acids is 1. The number of para-hydroxylation sites is 1. The normalized spacial score (nSPS) is 17.6. The molecule has 1 fully saturated rings. The summed E-state index contributed by atoms with van der Waals surface area (Å²) in [6.07, 6.45) is 0. The number of hydrogen-bond donors (Lipinski definition) is 1. The molecule has 0 aliphatic carbocycles. The molecule has 0 aromatic heterocycles. The van der Waals surface area contributed by atoms with E-state index in [1.54, 1.807) is 0 Å². The molecule has 2 aliphatic rings. The van der Waals surface area contributed by atoms with Crippen LogP contribution < -0.4 is 14.8 Å². The average molecular weight is 368 g/mol.